The fraction of sp³-hybridized carbons (Fsp3) is 0.267. The molecule has 0 unspecified atom stereocenters. The highest BCUT2D eigenvalue weighted by molar-refractivity contribution is 5.87. The Morgan fingerprint density at radius 3 is 2.52 bits per heavy atom. The second kappa shape index (κ2) is 6.21. The summed E-state index contributed by atoms with van der Waals surface area (Å²) in [6.45, 7) is 2.51. The first-order chi connectivity index (χ1) is 10.0. The first-order valence-electron chi connectivity index (χ1n) is 6.42. The Kier molecular flexibility index (Phi) is 4.37. The maximum Gasteiger partial charge on any atom is 0.335 e. The molecule has 0 saturated heterocycles. The molecule has 0 aliphatic carbocycles. The first-order valence-corrected chi connectivity index (χ1v) is 6.42. The summed E-state index contributed by atoms with van der Waals surface area (Å²) in [6.07, 6.45) is 1.46. The Labute approximate surface area is 123 Å². The second-order valence-corrected chi connectivity index (χ2v) is 4.69. The third-order valence-electron chi connectivity index (χ3n) is 3.19. The molecule has 6 heteroatoms. The average Bonchev–Trinajstić information content (AvgIpc) is 2.48. The van der Waals surface area contributed by atoms with E-state index in [0.717, 1.165) is 16.9 Å². The first kappa shape index (κ1) is 14.8. The van der Waals surface area contributed by atoms with Crippen molar-refractivity contribution in [3.05, 3.63) is 47.3 Å². The molecule has 0 aliphatic heterocycles. The number of aromatic nitrogens is 2. The number of rotatable bonds is 5. The van der Waals surface area contributed by atoms with Gasteiger partial charge in [-0.05, 0) is 24.6 Å². The second-order valence-electron chi connectivity index (χ2n) is 4.69. The van der Waals surface area contributed by atoms with Crippen LogP contribution in [0.15, 0.2) is 30.6 Å². The average molecular weight is 287 g/mol. The molecule has 1 aromatic heterocycles. The maximum atomic E-state index is 10.8. The van der Waals surface area contributed by atoms with Crippen LogP contribution in [0.3, 0.4) is 0 Å². The molecule has 1 N–H and O–H groups in total. The lowest BCUT2D eigenvalue weighted by Crippen LogP contribution is -2.19. The van der Waals surface area contributed by atoms with Gasteiger partial charge in [-0.25, -0.2) is 14.8 Å². The number of benzene rings is 1. The van der Waals surface area contributed by atoms with Gasteiger partial charge in [0.05, 0.1) is 18.2 Å². The largest absolute Gasteiger partial charge is 0.481 e. The Hall–Kier alpha value is -2.63. The molecular weight excluding hydrogens is 270 g/mol. The summed E-state index contributed by atoms with van der Waals surface area (Å²) in [5, 5.41) is 8.89. The number of carbonyl (C=O) groups is 1. The topological polar surface area (TPSA) is 75.6 Å². The highest BCUT2D eigenvalue weighted by Crippen LogP contribution is 2.23. The van der Waals surface area contributed by atoms with Crippen LogP contribution in [0, 0.1) is 6.92 Å². The van der Waals surface area contributed by atoms with Crippen molar-refractivity contribution in [1.29, 1.82) is 0 Å². The zero-order valence-electron chi connectivity index (χ0n) is 12.2. The van der Waals surface area contributed by atoms with E-state index in [2.05, 4.69) is 9.97 Å². The molecule has 1 heterocycles. The van der Waals surface area contributed by atoms with Crippen molar-refractivity contribution in [3.8, 4) is 5.88 Å². The van der Waals surface area contributed by atoms with Gasteiger partial charge in [0.25, 0.3) is 0 Å². The van der Waals surface area contributed by atoms with Crippen LogP contribution < -0.4 is 9.64 Å². The van der Waals surface area contributed by atoms with Crippen LogP contribution in [0.1, 0.15) is 21.5 Å². The minimum Gasteiger partial charge on any atom is -0.481 e. The van der Waals surface area contributed by atoms with Gasteiger partial charge in [0.15, 0.2) is 0 Å². The standard InChI is InChI=1S/C15H17N3O3/c1-10-13(16-9-17-14(10)21-3)18(2)8-11-4-6-12(7-5-11)15(19)20/h4-7,9H,8H2,1-3H3,(H,19,20). The van der Waals surface area contributed by atoms with Crippen molar-refractivity contribution in [2.45, 2.75) is 13.5 Å². The molecule has 1 aromatic carbocycles. The van der Waals surface area contributed by atoms with Crippen LogP contribution >= 0.6 is 0 Å². The van der Waals surface area contributed by atoms with Crippen LogP contribution in [-0.2, 0) is 6.54 Å². The fourth-order valence-electron chi connectivity index (χ4n) is 2.12. The number of anilines is 1. The minimum atomic E-state index is -0.925. The third-order valence-corrected chi connectivity index (χ3v) is 3.19. The minimum absolute atomic E-state index is 0.279. The quantitative estimate of drug-likeness (QED) is 0.908. The van der Waals surface area contributed by atoms with Gasteiger partial charge in [-0.15, -0.1) is 0 Å². The van der Waals surface area contributed by atoms with Gasteiger partial charge in [-0.2, -0.15) is 0 Å². The Morgan fingerprint density at radius 1 is 1.29 bits per heavy atom. The number of hydrogen-bond acceptors (Lipinski definition) is 5. The molecule has 0 radical (unpaired) electrons. The highest BCUT2D eigenvalue weighted by atomic mass is 16.5. The van der Waals surface area contributed by atoms with Gasteiger partial charge in [-0.1, -0.05) is 12.1 Å². The molecule has 0 bridgehead atoms. The number of aromatic carboxylic acids is 1. The summed E-state index contributed by atoms with van der Waals surface area (Å²) in [5.74, 6) is 0.406. The summed E-state index contributed by atoms with van der Waals surface area (Å²) >= 11 is 0. The van der Waals surface area contributed by atoms with Crippen molar-refractivity contribution < 1.29 is 14.6 Å². The zero-order valence-corrected chi connectivity index (χ0v) is 12.2. The van der Waals surface area contributed by atoms with Crippen molar-refractivity contribution in [2.75, 3.05) is 19.1 Å². The number of hydrogen-bond donors (Lipinski definition) is 1. The molecule has 2 rings (SSSR count). The molecular formula is C15H17N3O3. The molecule has 0 atom stereocenters. The van der Waals surface area contributed by atoms with Crippen molar-refractivity contribution in [1.82, 2.24) is 9.97 Å². The Bertz CT molecular complexity index is 641. The van der Waals surface area contributed by atoms with Gasteiger partial charge in [0, 0.05) is 13.6 Å². The van der Waals surface area contributed by atoms with Gasteiger partial charge in [0.1, 0.15) is 12.1 Å². The van der Waals surface area contributed by atoms with E-state index in [0.29, 0.717) is 12.4 Å². The predicted molar refractivity (Wildman–Crippen MR) is 78.8 cm³/mol. The molecule has 0 aliphatic rings. The van der Waals surface area contributed by atoms with Crippen LogP contribution in [0.2, 0.25) is 0 Å². The van der Waals surface area contributed by atoms with E-state index in [1.54, 1.807) is 31.4 Å². The van der Waals surface area contributed by atoms with E-state index in [4.69, 9.17) is 9.84 Å². The van der Waals surface area contributed by atoms with E-state index in [1.807, 2.05) is 18.9 Å². The van der Waals surface area contributed by atoms with E-state index < -0.39 is 5.97 Å². The van der Waals surface area contributed by atoms with Crippen molar-refractivity contribution >= 4 is 11.8 Å². The van der Waals surface area contributed by atoms with Crippen LogP contribution in [-0.4, -0.2) is 35.2 Å². The SMILES string of the molecule is COc1ncnc(N(C)Cc2ccc(C(=O)O)cc2)c1C. The smallest absolute Gasteiger partial charge is 0.335 e. The Balaban J connectivity index is 2.18. The van der Waals surface area contributed by atoms with E-state index in [-0.39, 0.29) is 5.56 Å². The number of ether oxygens (including phenoxy) is 1. The maximum absolute atomic E-state index is 10.8. The lowest BCUT2D eigenvalue weighted by molar-refractivity contribution is 0.0697. The predicted octanol–water partition coefficient (Wildman–Crippen LogP) is 2.13. The van der Waals surface area contributed by atoms with Crippen LogP contribution in [0.25, 0.3) is 0 Å². The normalized spacial score (nSPS) is 10.2. The molecule has 110 valence electrons. The number of carboxylic acid groups (broad SMARTS) is 1. The van der Waals surface area contributed by atoms with Gasteiger partial charge >= 0.3 is 5.97 Å². The third kappa shape index (κ3) is 3.28. The highest BCUT2D eigenvalue weighted by Gasteiger charge is 2.12. The van der Waals surface area contributed by atoms with Crippen molar-refractivity contribution in [2.24, 2.45) is 0 Å². The molecule has 21 heavy (non-hydrogen) atoms. The van der Waals surface area contributed by atoms with Crippen LogP contribution in [0.5, 0.6) is 5.88 Å². The van der Waals surface area contributed by atoms with Crippen LogP contribution in [0.4, 0.5) is 5.82 Å². The summed E-state index contributed by atoms with van der Waals surface area (Å²) in [5.41, 5.74) is 2.14. The molecule has 0 amide bonds. The Morgan fingerprint density at radius 2 is 1.95 bits per heavy atom. The monoisotopic (exact) mass is 287 g/mol. The summed E-state index contributed by atoms with van der Waals surface area (Å²) in [7, 11) is 3.49. The van der Waals surface area contributed by atoms with Gasteiger partial charge in [-0.3, -0.25) is 0 Å². The summed E-state index contributed by atoms with van der Waals surface area (Å²) in [4.78, 5) is 21.1. The molecule has 6 nitrogen and oxygen atoms in total. The number of nitrogens with zero attached hydrogens (tertiary/aromatic N) is 3. The number of methoxy groups -OCH3 is 1. The van der Waals surface area contributed by atoms with E-state index in [9.17, 15) is 4.79 Å². The summed E-state index contributed by atoms with van der Waals surface area (Å²) in [6, 6.07) is 6.79. The summed E-state index contributed by atoms with van der Waals surface area (Å²) < 4.78 is 5.19. The van der Waals surface area contributed by atoms with E-state index >= 15 is 0 Å². The van der Waals surface area contributed by atoms with Gasteiger partial charge in [0.2, 0.25) is 5.88 Å². The molecule has 0 spiro atoms. The van der Waals surface area contributed by atoms with Crippen molar-refractivity contribution in [3.63, 3.8) is 0 Å². The molecule has 2 aromatic rings. The number of carboxylic acids is 1. The zero-order chi connectivity index (χ0) is 15.4. The lowest BCUT2D eigenvalue weighted by Gasteiger charge is -2.20. The molecule has 0 fully saturated rings. The fourth-order valence-corrected chi connectivity index (χ4v) is 2.12. The van der Waals surface area contributed by atoms with Gasteiger partial charge < -0.3 is 14.7 Å². The molecule has 0 saturated carbocycles. The lowest BCUT2D eigenvalue weighted by atomic mass is 10.1. The van der Waals surface area contributed by atoms with E-state index in [1.165, 1.54) is 6.33 Å².